The quantitative estimate of drug-likeness (QED) is 0.282. The fraction of sp³-hybridized carbons (Fsp3) is 0.150. The third kappa shape index (κ3) is 5.36. The molecule has 4 aromatic carbocycles. The van der Waals surface area contributed by atoms with Crippen LogP contribution in [0.25, 0.3) is 45.1 Å². The van der Waals surface area contributed by atoms with E-state index >= 15 is 0 Å². The van der Waals surface area contributed by atoms with Gasteiger partial charge in [-0.15, -0.1) is 0 Å². The van der Waals surface area contributed by atoms with Gasteiger partial charge in [0.1, 0.15) is 0 Å². The van der Waals surface area contributed by atoms with Crippen LogP contribution in [0.15, 0.2) is 116 Å². The van der Waals surface area contributed by atoms with Crippen LogP contribution in [0.2, 0.25) is 0 Å². The van der Waals surface area contributed by atoms with Crippen LogP contribution in [0, 0.1) is 10.4 Å². The highest BCUT2D eigenvalue weighted by Crippen LogP contribution is 2.26. The molecule has 2 aromatic heterocycles. The number of allylic oxidation sites excluding steroid dienone is 2. The van der Waals surface area contributed by atoms with Crippen molar-refractivity contribution in [1.82, 2.24) is 20.1 Å². The highest BCUT2D eigenvalue weighted by molar-refractivity contribution is 5.85. The molecule has 0 radical (unpaired) electrons. The Kier molecular flexibility index (Phi) is 7.08. The maximum absolute atomic E-state index is 6.20. The number of hydrogen-bond acceptors (Lipinski definition) is 4. The molecular weight excluding hydrogens is 550 g/mol. The van der Waals surface area contributed by atoms with E-state index in [0.717, 1.165) is 54.2 Å². The van der Waals surface area contributed by atoms with Crippen molar-refractivity contribution in [2.24, 2.45) is 5.73 Å². The van der Waals surface area contributed by atoms with E-state index in [1.165, 1.54) is 48.7 Å². The summed E-state index contributed by atoms with van der Waals surface area (Å²) in [5, 5.41) is 15.4. The molecule has 5 heteroatoms. The van der Waals surface area contributed by atoms with Crippen molar-refractivity contribution in [3.8, 4) is 11.1 Å². The Morgan fingerprint density at radius 3 is 2.62 bits per heavy atom. The van der Waals surface area contributed by atoms with Crippen LogP contribution in [0.3, 0.4) is 0 Å². The van der Waals surface area contributed by atoms with Gasteiger partial charge in [0.25, 0.3) is 0 Å². The van der Waals surface area contributed by atoms with Gasteiger partial charge in [-0.1, -0.05) is 72.8 Å². The van der Waals surface area contributed by atoms with Gasteiger partial charge in [0.2, 0.25) is 0 Å². The number of dihydropyridines is 1. The first-order valence-electron chi connectivity index (χ1n) is 15.8. The second-order valence-corrected chi connectivity index (χ2v) is 12.0. The van der Waals surface area contributed by atoms with Gasteiger partial charge in [0.15, 0.2) is 0 Å². The van der Waals surface area contributed by atoms with Crippen LogP contribution in [0.1, 0.15) is 23.1 Å². The maximum Gasteiger partial charge on any atom is 0.0702 e. The van der Waals surface area contributed by atoms with Gasteiger partial charge < -0.3 is 11.1 Å². The van der Waals surface area contributed by atoms with Crippen LogP contribution in [-0.2, 0) is 19.4 Å². The minimum Gasteiger partial charge on any atom is -0.387 e. The summed E-state index contributed by atoms with van der Waals surface area (Å²) < 4.78 is 2.10. The van der Waals surface area contributed by atoms with Crippen molar-refractivity contribution in [2.45, 2.75) is 31.8 Å². The van der Waals surface area contributed by atoms with Gasteiger partial charge in [0, 0.05) is 29.6 Å². The number of benzene rings is 4. The molecule has 3 N–H and O–H groups in total. The topological polar surface area (TPSA) is 68.8 Å². The summed E-state index contributed by atoms with van der Waals surface area (Å²) in [6.45, 7) is 1.70. The van der Waals surface area contributed by atoms with Crippen LogP contribution in [0.5, 0.6) is 0 Å². The fourth-order valence-corrected chi connectivity index (χ4v) is 6.82. The average molecular weight is 586 g/mol. The molecule has 2 aliphatic carbocycles. The summed E-state index contributed by atoms with van der Waals surface area (Å²) in [5.74, 6) is 0. The standard InChI is InChI=1S/C35H28N4.C5H7N/c36-29-9-13-31-26(18-29)8-12-32-30-10-6-23(17-25(30)7-11-33(31)32)24-4-5-28-20-38-39(35(28)19-24)21-22-3-14-34-27(16-22)2-1-15-37-34;1-2-4-6-5-3-1/h1-8,10,12,14-20,29H,9,11,13,21,36H2;1-4,6H,5H2. The highest BCUT2D eigenvalue weighted by Gasteiger charge is 2.15. The van der Waals surface area contributed by atoms with E-state index in [0.29, 0.717) is 0 Å². The van der Waals surface area contributed by atoms with E-state index in [9.17, 15) is 0 Å². The number of nitrogens with one attached hydrogen (secondary N) is 1. The van der Waals surface area contributed by atoms with Gasteiger partial charge in [0.05, 0.1) is 23.8 Å². The Morgan fingerprint density at radius 2 is 1.76 bits per heavy atom. The van der Waals surface area contributed by atoms with Gasteiger partial charge in [-0.2, -0.15) is 5.10 Å². The highest BCUT2D eigenvalue weighted by atomic mass is 15.3. The number of pyridine rings is 1. The number of fused-ring (bicyclic) bond motifs is 6. The normalized spacial score (nSPS) is 16.0. The zero-order valence-electron chi connectivity index (χ0n) is 25.2. The summed E-state index contributed by atoms with van der Waals surface area (Å²) >= 11 is 0. The van der Waals surface area contributed by atoms with E-state index in [-0.39, 0.29) is 6.04 Å². The first-order valence-corrected chi connectivity index (χ1v) is 15.8. The predicted octanol–water partition coefficient (Wildman–Crippen LogP) is 5.64. The molecule has 0 fully saturated rings. The lowest BCUT2D eigenvalue weighted by atomic mass is 9.87. The smallest absolute Gasteiger partial charge is 0.0702 e. The second kappa shape index (κ2) is 11.7. The largest absolute Gasteiger partial charge is 0.387 e. The first kappa shape index (κ1) is 27.3. The molecule has 3 heterocycles. The average Bonchev–Trinajstić information content (AvgIpc) is 3.50. The SMILES string of the molecule is C1=CCNC=C1.NC1C=c2ccc3c(c2CC1)CC=c1cc(-c2ccc4cnn(Cc5ccc6ncccc6c5)c4c2)ccc1=3. The molecule has 0 saturated heterocycles. The Balaban J connectivity index is 0.000000452. The first-order chi connectivity index (χ1) is 22.2. The molecule has 3 aliphatic rings. The monoisotopic (exact) mass is 585 g/mol. The molecule has 0 spiro atoms. The third-order valence-electron chi connectivity index (χ3n) is 9.13. The van der Waals surface area contributed by atoms with E-state index in [2.05, 4.69) is 106 Å². The van der Waals surface area contributed by atoms with E-state index in [4.69, 9.17) is 10.8 Å². The number of nitrogens with two attached hydrogens (primary N) is 1. The molecule has 1 atom stereocenters. The van der Waals surface area contributed by atoms with Crippen LogP contribution >= 0.6 is 0 Å². The summed E-state index contributed by atoms with van der Waals surface area (Å²) in [6, 6.07) is 28.9. The number of aromatic nitrogens is 3. The van der Waals surface area contributed by atoms with Crippen LogP contribution < -0.4 is 21.5 Å². The minimum absolute atomic E-state index is 0.177. The van der Waals surface area contributed by atoms with Crippen molar-refractivity contribution in [1.29, 1.82) is 0 Å². The van der Waals surface area contributed by atoms with Crippen LogP contribution in [0.4, 0.5) is 0 Å². The lowest BCUT2D eigenvalue weighted by Crippen LogP contribution is -2.29. The van der Waals surface area contributed by atoms with Crippen molar-refractivity contribution >= 4 is 34.0 Å². The maximum atomic E-state index is 6.20. The summed E-state index contributed by atoms with van der Waals surface area (Å²) in [4.78, 5) is 4.45. The van der Waals surface area contributed by atoms with Gasteiger partial charge >= 0.3 is 0 Å². The summed E-state index contributed by atoms with van der Waals surface area (Å²) in [5.41, 5.74) is 15.0. The Hall–Kier alpha value is -5.26. The Morgan fingerprint density at radius 1 is 0.844 bits per heavy atom. The van der Waals surface area contributed by atoms with Gasteiger partial charge in [-0.3, -0.25) is 9.67 Å². The van der Waals surface area contributed by atoms with E-state index in [1.54, 1.807) is 0 Å². The number of hydrogen-bond donors (Lipinski definition) is 2. The molecule has 9 rings (SSSR count). The Labute approximate surface area is 262 Å². The predicted molar refractivity (Wildman–Crippen MR) is 185 cm³/mol. The van der Waals surface area contributed by atoms with Crippen molar-refractivity contribution in [2.75, 3.05) is 6.54 Å². The Bertz CT molecular complexity index is 2350. The van der Waals surface area contributed by atoms with E-state index in [1.807, 2.05) is 36.8 Å². The molecule has 5 nitrogen and oxygen atoms in total. The van der Waals surface area contributed by atoms with E-state index < -0.39 is 0 Å². The molecule has 0 amide bonds. The number of rotatable bonds is 3. The molecule has 0 bridgehead atoms. The summed E-state index contributed by atoms with van der Waals surface area (Å²) in [7, 11) is 0. The molecule has 0 saturated carbocycles. The van der Waals surface area contributed by atoms with Crippen molar-refractivity contribution in [3.63, 3.8) is 0 Å². The van der Waals surface area contributed by atoms with Crippen LogP contribution in [-0.4, -0.2) is 27.4 Å². The molecule has 1 unspecified atom stereocenters. The third-order valence-corrected chi connectivity index (χ3v) is 9.13. The second-order valence-electron chi connectivity index (χ2n) is 12.0. The lowest BCUT2D eigenvalue weighted by molar-refractivity contribution is 0.713. The number of nitrogens with zero attached hydrogens (tertiary/aromatic N) is 3. The van der Waals surface area contributed by atoms with Crippen molar-refractivity contribution < 1.29 is 0 Å². The molecule has 6 aromatic rings. The zero-order valence-corrected chi connectivity index (χ0v) is 25.2. The van der Waals surface area contributed by atoms with Crippen molar-refractivity contribution in [3.05, 3.63) is 153 Å². The fourth-order valence-electron chi connectivity index (χ4n) is 6.82. The zero-order chi connectivity index (χ0) is 30.2. The summed E-state index contributed by atoms with van der Waals surface area (Å²) in [6.07, 6.45) is 19.5. The minimum atomic E-state index is 0.177. The lowest BCUT2D eigenvalue weighted by Gasteiger charge is -2.19. The van der Waals surface area contributed by atoms with Gasteiger partial charge in [-0.25, -0.2) is 0 Å². The van der Waals surface area contributed by atoms with Gasteiger partial charge in [-0.05, 0) is 111 Å². The molecule has 45 heavy (non-hydrogen) atoms. The molecule has 220 valence electrons. The molecular formula is C40H35N5. The molecule has 1 aliphatic heterocycles.